The number of aliphatic hydroxyl groups is 1. The van der Waals surface area contributed by atoms with Gasteiger partial charge in [-0.1, -0.05) is 20.3 Å². The molecule has 0 heterocycles. The van der Waals surface area contributed by atoms with E-state index in [0.717, 1.165) is 25.7 Å². The second kappa shape index (κ2) is 5.35. The van der Waals surface area contributed by atoms with Gasteiger partial charge in [-0.05, 0) is 19.3 Å². The number of hydrogen-bond donors (Lipinski definition) is 1. The van der Waals surface area contributed by atoms with Crippen LogP contribution in [-0.4, -0.2) is 35.1 Å². The van der Waals surface area contributed by atoms with E-state index in [1.54, 1.807) is 0 Å². The van der Waals surface area contributed by atoms with Gasteiger partial charge in [0.2, 0.25) is 5.91 Å². The lowest BCUT2D eigenvalue weighted by Crippen LogP contribution is -2.38. The highest BCUT2D eigenvalue weighted by atomic mass is 16.3. The van der Waals surface area contributed by atoms with Crippen molar-refractivity contribution >= 4 is 5.91 Å². The molecule has 0 aromatic heterocycles. The van der Waals surface area contributed by atoms with Crippen molar-refractivity contribution in [2.75, 3.05) is 13.2 Å². The number of hydrogen-bond acceptors (Lipinski definition) is 2. The predicted octanol–water partition coefficient (Wildman–Crippen LogP) is 1.41. The maximum atomic E-state index is 11.9. The van der Waals surface area contributed by atoms with Gasteiger partial charge in [0, 0.05) is 18.5 Å². The molecule has 14 heavy (non-hydrogen) atoms. The normalized spacial score (nSPS) is 17.9. The molecular formula is C11H21NO2. The molecule has 1 aliphatic carbocycles. The number of rotatable bonds is 6. The lowest BCUT2D eigenvalue weighted by Gasteiger charge is -2.24. The maximum absolute atomic E-state index is 11.9. The third kappa shape index (κ3) is 2.98. The topological polar surface area (TPSA) is 40.5 Å². The van der Waals surface area contributed by atoms with Crippen LogP contribution in [0.4, 0.5) is 0 Å². The van der Waals surface area contributed by atoms with Crippen LogP contribution >= 0.6 is 0 Å². The molecule has 1 rings (SSSR count). The second-order valence-electron chi connectivity index (χ2n) is 4.18. The molecule has 0 aromatic rings. The van der Waals surface area contributed by atoms with Gasteiger partial charge >= 0.3 is 0 Å². The molecule has 1 unspecified atom stereocenters. The summed E-state index contributed by atoms with van der Waals surface area (Å²) in [6, 6.07) is 0.425. The molecule has 1 aliphatic rings. The molecule has 1 atom stereocenters. The van der Waals surface area contributed by atoms with Gasteiger partial charge in [-0.3, -0.25) is 4.79 Å². The first-order valence-electron chi connectivity index (χ1n) is 5.62. The minimum absolute atomic E-state index is 0.0844. The van der Waals surface area contributed by atoms with Crippen molar-refractivity contribution in [3.8, 4) is 0 Å². The zero-order valence-electron chi connectivity index (χ0n) is 9.20. The van der Waals surface area contributed by atoms with Gasteiger partial charge < -0.3 is 10.0 Å². The van der Waals surface area contributed by atoms with E-state index in [2.05, 4.69) is 6.92 Å². The van der Waals surface area contributed by atoms with Crippen molar-refractivity contribution in [2.24, 2.45) is 5.92 Å². The average Bonchev–Trinajstić information content (AvgIpc) is 2.97. The molecule has 3 heteroatoms. The molecule has 0 radical (unpaired) electrons. The summed E-state index contributed by atoms with van der Waals surface area (Å²) in [5, 5.41) is 8.88. The summed E-state index contributed by atoms with van der Waals surface area (Å²) in [5.41, 5.74) is 0. The average molecular weight is 199 g/mol. The smallest absolute Gasteiger partial charge is 0.225 e. The fourth-order valence-electron chi connectivity index (χ4n) is 1.81. The molecule has 1 fully saturated rings. The summed E-state index contributed by atoms with van der Waals surface area (Å²) < 4.78 is 0. The first kappa shape index (κ1) is 11.5. The lowest BCUT2D eigenvalue weighted by atomic mass is 10.0. The summed E-state index contributed by atoms with van der Waals surface area (Å²) in [5.74, 6) is 0.343. The summed E-state index contributed by atoms with van der Waals surface area (Å²) in [6.07, 6.45) is 4.23. The fourth-order valence-corrected chi connectivity index (χ4v) is 1.81. The molecule has 82 valence electrons. The molecule has 3 nitrogen and oxygen atoms in total. The van der Waals surface area contributed by atoms with Crippen LogP contribution in [0.15, 0.2) is 0 Å². The van der Waals surface area contributed by atoms with Crippen LogP contribution < -0.4 is 0 Å². The van der Waals surface area contributed by atoms with E-state index in [4.69, 9.17) is 5.11 Å². The standard InChI is InChI=1S/C11H21NO2/c1-3-4-9(2)11(14)12(7-8-13)10-5-6-10/h9-10,13H,3-8H2,1-2H3. The van der Waals surface area contributed by atoms with Crippen LogP contribution in [-0.2, 0) is 4.79 Å². The van der Waals surface area contributed by atoms with Crippen LogP contribution in [0.25, 0.3) is 0 Å². The maximum Gasteiger partial charge on any atom is 0.225 e. The molecule has 1 saturated carbocycles. The number of carbonyl (C=O) groups is 1. The first-order chi connectivity index (χ1) is 6.70. The summed E-state index contributed by atoms with van der Waals surface area (Å²) in [7, 11) is 0. The third-order valence-electron chi connectivity index (χ3n) is 2.75. The molecule has 1 N–H and O–H groups in total. The zero-order valence-corrected chi connectivity index (χ0v) is 9.20. The van der Waals surface area contributed by atoms with Crippen molar-refractivity contribution in [3.63, 3.8) is 0 Å². The Morgan fingerprint density at radius 3 is 2.64 bits per heavy atom. The number of carbonyl (C=O) groups excluding carboxylic acids is 1. The fraction of sp³-hybridized carbons (Fsp3) is 0.909. The van der Waals surface area contributed by atoms with E-state index in [1.807, 2.05) is 11.8 Å². The summed E-state index contributed by atoms with van der Waals surface area (Å²) in [6.45, 7) is 4.68. The zero-order chi connectivity index (χ0) is 10.6. The van der Waals surface area contributed by atoms with Gasteiger partial charge in [-0.15, -0.1) is 0 Å². The van der Waals surface area contributed by atoms with Crippen molar-refractivity contribution in [2.45, 2.75) is 45.6 Å². The Balaban J connectivity index is 2.44. The Labute approximate surface area is 86.1 Å². The van der Waals surface area contributed by atoms with Crippen LogP contribution in [0.3, 0.4) is 0 Å². The van der Waals surface area contributed by atoms with E-state index in [-0.39, 0.29) is 18.4 Å². The molecule has 0 aliphatic heterocycles. The molecule has 0 aromatic carbocycles. The third-order valence-corrected chi connectivity index (χ3v) is 2.75. The Morgan fingerprint density at radius 1 is 1.57 bits per heavy atom. The van der Waals surface area contributed by atoms with Crippen LogP contribution in [0, 0.1) is 5.92 Å². The molecule has 0 saturated heterocycles. The van der Waals surface area contributed by atoms with E-state index in [1.165, 1.54) is 0 Å². The molecule has 0 spiro atoms. The minimum Gasteiger partial charge on any atom is -0.395 e. The number of aliphatic hydroxyl groups excluding tert-OH is 1. The Hall–Kier alpha value is -0.570. The summed E-state index contributed by atoms with van der Waals surface area (Å²) in [4.78, 5) is 13.8. The largest absolute Gasteiger partial charge is 0.395 e. The van der Waals surface area contributed by atoms with Gasteiger partial charge in [0.15, 0.2) is 0 Å². The van der Waals surface area contributed by atoms with Gasteiger partial charge in [-0.25, -0.2) is 0 Å². The van der Waals surface area contributed by atoms with Crippen molar-refractivity contribution in [1.29, 1.82) is 0 Å². The van der Waals surface area contributed by atoms with Gasteiger partial charge in [0.25, 0.3) is 0 Å². The Bertz CT molecular complexity index is 190. The molecule has 1 amide bonds. The minimum atomic E-state index is 0.0844. The monoisotopic (exact) mass is 199 g/mol. The van der Waals surface area contributed by atoms with Gasteiger partial charge in [0.1, 0.15) is 0 Å². The van der Waals surface area contributed by atoms with Crippen molar-refractivity contribution in [3.05, 3.63) is 0 Å². The van der Waals surface area contributed by atoms with E-state index in [9.17, 15) is 4.79 Å². The summed E-state index contributed by atoms with van der Waals surface area (Å²) >= 11 is 0. The van der Waals surface area contributed by atoms with Crippen molar-refractivity contribution < 1.29 is 9.90 Å². The van der Waals surface area contributed by atoms with Crippen molar-refractivity contribution in [1.82, 2.24) is 4.90 Å². The van der Waals surface area contributed by atoms with E-state index < -0.39 is 0 Å². The van der Waals surface area contributed by atoms with Crippen LogP contribution in [0.2, 0.25) is 0 Å². The first-order valence-corrected chi connectivity index (χ1v) is 5.62. The predicted molar refractivity (Wildman–Crippen MR) is 55.9 cm³/mol. The van der Waals surface area contributed by atoms with E-state index in [0.29, 0.717) is 12.6 Å². The molecular weight excluding hydrogens is 178 g/mol. The van der Waals surface area contributed by atoms with E-state index >= 15 is 0 Å². The Morgan fingerprint density at radius 2 is 2.21 bits per heavy atom. The number of amides is 1. The highest BCUT2D eigenvalue weighted by molar-refractivity contribution is 5.79. The second-order valence-corrected chi connectivity index (χ2v) is 4.18. The molecule has 0 bridgehead atoms. The van der Waals surface area contributed by atoms with Crippen LogP contribution in [0.5, 0.6) is 0 Å². The van der Waals surface area contributed by atoms with Crippen LogP contribution in [0.1, 0.15) is 39.5 Å². The highest BCUT2D eigenvalue weighted by Crippen LogP contribution is 2.28. The van der Waals surface area contributed by atoms with Gasteiger partial charge in [-0.2, -0.15) is 0 Å². The Kier molecular flexibility index (Phi) is 4.39. The lowest BCUT2D eigenvalue weighted by molar-refractivity contribution is -0.136. The van der Waals surface area contributed by atoms with Gasteiger partial charge in [0.05, 0.1) is 6.61 Å². The quantitative estimate of drug-likeness (QED) is 0.702. The number of nitrogens with zero attached hydrogens (tertiary/aromatic N) is 1. The highest BCUT2D eigenvalue weighted by Gasteiger charge is 2.33. The SMILES string of the molecule is CCCC(C)C(=O)N(CCO)C1CC1.